The Labute approximate surface area is 115 Å². The molecule has 1 spiro atoms. The van der Waals surface area contributed by atoms with Crippen LogP contribution >= 0.6 is 0 Å². The van der Waals surface area contributed by atoms with Crippen molar-refractivity contribution in [1.82, 2.24) is 10.2 Å². The maximum absolute atomic E-state index is 12.3. The molecule has 1 saturated carbocycles. The highest BCUT2D eigenvalue weighted by Crippen LogP contribution is 2.40. The van der Waals surface area contributed by atoms with Crippen molar-refractivity contribution in [2.75, 3.05) is 6.54 Å². The van der Waals surface area contributed by atoms with E-state index in [-0.39, 0.29) is 11.9 Å². The van der Waals surface area contributed by atoms with Crippen molar-refractivity contribution >= 4 is 11.9 Å². The van der Waals surface area contributed by atoms with E-state index in [1.54, 1.807) is 0 Å². The molecule has 19 heavy (non-hydrogen) atoms. The smallest absolute Gasteiger partial charge is 0.309 e. The van der Waals surface area contributed by atoms with Gasteiger partial charge in [0.2, 0.25) is 0 Å². The van der Waals surface area contributed by atoms with Gasteiger partial charge in [-0.05, 0) is 37.5 Å². The van der Waals surface area contributed by atoms with Gasteiger partial charge in [-0.2, -0.15) is 0 Å². The Balaban J connectivity index is 2.18. The van der Waals surface area contributed by atoms with Gasteiger partial charge >= 0.3 is 6.03 Å². The zero-order valence-corrected chi connectivity index (χ0v) is 12.4. The van der Waals surface area contributed by atoms with Crippen molar-refractivity contribution in [3.63, 3.8) is 0 Å². The second-order valence-electron chi connectivity index (χ2n) is 6.27. The summed E-state index contributed by atoms with van der Waals surface area (Å²) in [5.41, 5.74) is -0.536. The van der Waals surface area contributed by atoms with E-state index >= 15 is 0 Å². The molecule has 1 heterocycles. The molecule has 1 N–H and O–H groups in total. The van der Waals surface area contributed by atoms with E-state index in [2.05, 4.69) is 26.1 Å². The number of hydrogen-bond donors (Lipinski definition) is 1. The quantitative estimate of drug-likeness (QED) is 0.795. The minimum absolute atomic E-state index is 0.0599. The summed E-state index contributed by atoms with van der Waals surface area (Å²) in [4.78, 5) is 26.2. The van der Waals surface area contributed by atoms with Crippen molar-refractivity contribution in [3.05, 3.63) is 0 Å². The summed E-state index contributed by atoms with van der Waals surface area (Å²) >= 11 is 0. The van der Waals surface area contributed by atoms with Crippen LogP contribution in [0.15, 0.2) is 0 Å². The first kappa shape index (κ1) is 14.4. The molecule has 4 heteroatoms. The first-order chi connectivity index (χ1) is 9.03. The summed E-state index contributed by atoms with van der Waals surface area (Å²) in [5.74, 6) is 1.10. The maximum Gasteiger partial charge on any atom is 0.325 e. The molecule has 0 aromatic heterocycles. The summed E-state index contributed by atoms with van der Waals surface area (Å²) in [6.45, 7) is 7.25. The van der Waals surface area contributed by atoms with Crippen LogP contribution in [0.2, 0.25) is 0 Å². The monoisotopic (exact) mass is 266 g/mol. The third-order valence-electron chi connectivity index (χ3n) is 5.10. The summed E-state index contributed by atoms with van der Waals surface area (Å²) in [6, 6.07) is -0.175. The van der Waals surface area contributed by atoms with E-state index in [0.29, 0.717) is 11.8 Å². The predicted octanol–water partition coefficient (Wildman–Crippen LogP) is 2.92. The molecule has 0 radical (unpaired) electrons. The summed E-state index contributed by atoms with van der Waals surface area (Å²) in [5, 5.41) is 2.54. The maximum atomic E-state index is 12.3. The minimum atomic E-state index is -0.536. The van der Waals surface area contributed by atoms with Gasteiger partial charge in [-0.15, -0.1) is 0 Å². The van der Waals surface area contributed by atoms with Crippen molar-refractivity contribution in [2.24, 2.45) is 11.8 Å². The van der Waals surface area contributed by atoms with Gasteiger partial charge in [-0.25, -0.2) is 4.79 Å². The van der Waals surface area contributed by atoms with Crippen molar-refractivity contribution in [2.45, 2.75) is 64.8 Å². The molecule has 4 nitrogen and oxygen atoms in total. The Hall–Kier alpha value is -1.06. The van der Waals surface area contributed by atoms with Gasteiger partial charge < -0.3 is 4.90 Å². The summed E-state index contributed by atoms with van der Waals surface area (Å²) in [6.07, 6.45) is 5.85. The number of carbonyl (C=O) groups is 2. The largest absolute Gasteiger partial charge is 0.325 e. The first-order valence-electron chi connectivity index (χ1n) is 7.66. The Bertz CT molecular complexity index is 355. The van der Waals surface area contributed by atoms with E-state index in [4.69, 9.17) is 0 Å². The molecule has 2 fully saturated rings. The second kappa shape index (κ2) is 5.51. The van der Waals surface area contributed by atoms with Crippen LogP contribution in [0.3, 0.4) is 0 Å². The molecule has 2 rings (SSSR count). The van der Waals surface area contributed by atoms with Gasteiger partial charge in [-0.3, -0.25) is 10.1 Å². The molecule has 2 aliphatic rings. The number of nitrogens with zero attached hydrogens (tertiary/aromatic N) is 1. The number of carbonyl (C=O) groups excluding carboxylic acids is 2. The third kappa shape index (κ3) is 2.49. The van der Waals surface area contributed by atoms with Crippen LogP contribution in [0.5, 0.6) is 0 Å². The zero-order chi connectivity index (χ0) is 14.0. The highest BCUT2D eigenvalue weighted by atomic mass is 16.2. The molecule has 1 saturated heterocycles. The van der Waals surface area contributed by atoms with Crippen molar-refractivity contribution in [3.8, 4) is 0 Å². The lowest BCUT2D eigenvalue weighted by atomic mass is 9.76. The Morgan fingerprint density at radius 2 is 1.84 bits per heavy atom. The molecule has 1 aliphatic carbocycles. The van der Waals surface area contributed by atoms with Gasteiger partial charge in [0, 0.05) is 6.54 Å². The Kier molecular flexibility index (Phi) is 4.16. The predicted molar refractivity (Wildman–Crippen MR) is 74.7 cm³/mol. The first-order valence-corrected chi connectivity index (χ1v) is 7.66. The van der Waals surface area contributed by atoms with Crippen LogP contribution in [0.1, 0.15) is 59.3 Å². The molecular formula is C15H26N2O2. The lowest BCUT2D eigenvalue weighted by Gasteiger charge is -2.41. The molecule has 3 amide bonds. The lowest BCUT2D eigenvalue weighted by Crippen LogP contribution is -2.53. The van der Waals surface area contributed by atoms with E-state index in [9.17, 15) is 9.59 Å². The summed E-state index contributed by atoms with van der Waals surface area (Å²) < 4.78 is 0. The topological polar surface area (TPSA) is 49.4 Å². The fourth-order valence-corrected chi connectivity index (χ4v) is 3.40. The molecular weight excluding hydrogens is 240 g/mol. The van der Waals surface area contributed by atoms with Gasteiger partial charge in [0.1, 0.15) is 5.54 Å². The molecule has 1 aliphatic heterocycles. The van der Waals surface area contributed by atoms with E-state index < -0.39 is 5.54 Å². The molecule has 0 aromatic rings. The van der Waals surface area contributed by atoms with Crippen LogP contribution < -0.4 is 5.32 Å². The number of nitrogens with one attached hydrogen (secondary N) is 1. The van der Waals surface area contributed by atoms with E-state index in [1.165, 1.54) is 0 Å². The summed E-state index contributed by atoms with van der Waals surface area (Å²) in [7, 11) is 0. The second-order valence-corrected chi connectivity index (χ2v) is 6.27. The third-order valence-corrected chi connectivity index (χ3v) is 5.10. The Morgan fingerprint density at radius 3 is 2.37 bits per heavy atom. The zero-order valence-electron chi connectivity index (χ0n) is 12.4. The molecule has 0 bridgehead atoms. The fourth-order valence-electron chi connectivity index (χ4n) is 3.40. The average Bonchev–Trinajstić information content (AvgIpc) is 2.62. The van der Waals surface area contributed by atoms with Gasteiger partial charge in [0.25, 0.3) is 5.91 Å². The molecule has 108 valence electrons. The fraction of sp³-hybridized carbons (Fsp3) is 0.867. The minimum Gasteiger partial charge on any atom is -0.309 e. The van der Waals surface area contributed by atoms with Gasteiger partial charge in [0.05, 0.1) is 0 Å². The molecule has 0 aromatic carbocycles. The van der Waals surface area contributed by atoms with Crippen LogP contribution in [0, 0.1) is 11.8 Å². The van der Waals surface area contributed by atoms with Gasteiger partial charge in [-0.1, -0.05) is 33.6 Å². The van der Waals surface area contributed by atoms with Crippen LogP contribution in [0.25, 0.3) is 0 Å². The van der Waals surface area contributed by atoms with Crippen molar-refractivity contribution < 1.29 is 9.59 Å². The van der Waals surface area contributed by atoms with Gasteiger partial charge in [0.15, 0.2) is 0 Å². The van der Waals surface area contributed by atoms with Crippen LogP contribution in [-0.2, 0) is 4.79 Å². The number of hydrogen-bond acceptors (Lipinski definition) is 2. The highest BCUT2D eigenvalue weighted by Gasteiger charge is 2.53. The number of urea groups is 1. The lowest BCUT2D eigenvalue weighted by molar-refractivity contribution is -0.128. The van der Waals surface area contributed by atoms with Crippen LogP contribution in [-0.4, -0.2) is 28.9 Å². The molecule has 0 atom stereocenters. The normalized spacial score (nSPS) is 31.4. The average molecular weight is 266 g/mol. The SMILES string of the molecule is CCC(CC)CN1C(=O)NC(=O)C12CCC(C)CC2. The van der Waals surface area contributed by atoms with E-state index in [0.717, 1.165) is 45.1 Å². The number of rotatable bonds is 4. The standard InChI is InChI=1S/C15H26N2O2/c1-4-12(5-2)10-17-14(19)16-13(18)15(17)8-6-11(3)7-9-15/h11-12H,4-10H2,1-3H3,(H,16,18,19). The van der Waals surface area contributed by atoms with Crippen LogP contribution in [0.4, 0.5) is 4.79 Å². The molecule has 0 unspecified atom stereocenters. The number of imide groups is 1. The Morgan fingerprint density at radius 1 is 1.26 bits per heavy atom. The highest BCUT2D eigenvalue weighted by molar-refractivity contribution is 6.07. The van der Waals surface area contributed by atoms with E-state index in [1.807, 2.05) is 4.90 Å². The number of amides is 3. The van der Waals surface area contributed by atoms with Crippen molar-refractivity contribution in [1.29, 1.82) is 0 Å².